The van der Waals surface area contributed by atoms with Gasteiger partial charge < -0.3 is 10.1 Å². The van der Waals surface area contributed by atoms with Gasteiger partial charge in [-0.3, -0.25) is 14.6 Å². The molecule has 1 amide bonds. The number of benzene rings is 2. The summed E-state index contributed by atoms with van der Waals surface area (Å²) in [5.41, 5.74) is 4.20. The Hall–Kier alpha value is -3.54. The minimum atomic E-state index is -0.493. The predicted octanol–water partition coefficient (Wildman–Crippen LogP) is 4.36. The Morgan fingerprint density at radius 3 is 2.58 bits per heavy atom. The van der Waals surface area contributed by atoms with E-state index in [9.17, 15) is 14.4 Å². The van der Waals surface area contributed by atoms with Gasteiger partial charge in [0.05, 0.1) is 11.1 Å². The molecule has 1 N–H and O–H groups in total. The molecule has 0 spiro atoms. The highest BCUT2D eigenvalue weighted by atomic mass is 16.5. The van der Waals surface area contributed by atoms with Crippen LogP contribution in [0.25, 0.3) is 10.9 Å². The highest BCUT2D eigenvalue weighted by Gasteiger charge is 2.26. The number of nitrogens with one attached hydrogen (secondary N) is 1. The Labute approximate surface area is 180 Å². The first kappa shape index (κ1) is 20.7. The van der Waals surface area contributed by atoms with Crippen LogP contribution >= 0.6 is 0 Å². The Kier molecular flexibility index (Phi) is 5.80. The Morgan fingerprint density at radius 2 is 1.84 bits per heavy atom. The van der Waals surface area contributed by atoms with Crippen molar-refractivity contribution < 1.29 is 19.1 Å². The number of hydrogen-bond donors (Lipinski definition) is 1. The van der Waals surface area contributed by atoms with Gasteiger partial charge in [0.1, 0.15) is 0 Å². The number of nitrogens with zero attached hydrogens (tertiary/aromatic N) is 1. The first-order valence-electron chi connectivity index (χ1n) is 10.4. The first-order chi connectivity index (χ1) is 14.9. The zero-order chi connectivity index (χ0) is 22.0. The molecule has 1 unspecified atom stereocenters. The third-order valence-electron chi connectivity index (χ3n) is 5.57. The van der Waals surface area contributed by atoms with Crippen molar-refractivity contribution in [3.8, 4) is 0 Å². The van der Waals surface area contributed by atoms with Crippen molar-refractivity contribution in [3.05, 3.63) is 70.9 Å². The van der Waals surface area contributed by atoms with Gasteiger partial charge in [0.25, 0.3) is 0 Å². The number of Topliss-reactive ketones (excluding diaryl/α,β-unsaturated/α-hetero) is 1. The molecule has 0 fully saturated rings. The molecular formula is C25H24N2O4. The lowest BCUT2D eigenvalue weighted by Gasteiger charge is -2.24. The van der Waals surface area contributed by atoms with Gasteiger partial charge >= 0.3 is 5.97 Å². The molecule has 0 radical (unpaired) electrons. The molecule has 158 valence electrons. The molecule has 0 bridgehead atoms. The SMILES string of the molecule is CC(=O)Nc1ccc(C(=O)COC(=O)c2c3c(nc4ccccc24)CCC(C)C3)cc1. The van der Waals surface area contributed by atoms with Crippen LogP contribution in [0.15, 0.2) is 48.5 Å². The maximum absolute atomic E-state index is 13.1. The summed E-state index contributed by atoms with van der Waals surface area (Å²) in [6, 6.07) is 14.0. The summed E-state index contributed by atoms with van der Waals surface area (Å²) < 4.78 is 5.46. The van der Waals surface area contributed by atoms with Gasteiger partial charge in [-0.25, -0.2) is 4.79 Å². The largest absolute Gasteiger partial charge is 0.454 e. The molecule has 1 aromatic heterocycles. The molecule has 1 aliphatic carbocycles. The number of aryl methyl sites for hydroxylation is 1. The van der Waals surface area contributed by atoms with E-state index in [1.54, 1.807) is 24.3 Å². The van der Waals surface area contributed by atoms with E-state index in [1.165, 1.54) is 6.92 Å². The van der Waals surface area contributed by atoms with Crippen LogP contribution in [0.2, 0.25) is 0 Å². The molecule has 1 heterocycles. The molecule has 3 aromatic rings. The maximum Gasteiger partial charge on any atom is 0.339 e. The monoisotopic (exact) mass is 416 g/mol. The van der Waals surface area contributed by atoms with E-state index in [2.05, 4.69) is 12.2 Å². The topological polar surface area (TPSA) is 85.4 Å². The lowest BCUT2D eigenvalue weighted by atomic mass is 9.84. The molecule has 1 aliphatic rings. The molecule has 1 atom stereocenters. The summed E-state index contributed by atoms with van der Waals surface area (Å²) in [4.78, 5) is 41.5. The van der Waals surface area contributed by atoms with E-state index < -0.39 is 5.97 Å². The number of ether oxygens (including phenoxy) is 1. The van der Waals surface area contributed by atoms with Gasteiger partial charge in [0, 0.05) is 29.3 Å². The number of pyridine rings is 1. The second-order valence-corrected chi connectivity index (χ2v) is 8.04. The fourth-order valence-corrected chi connectivity index (χ4v) is 4.03. The summed E-state index contributed by atoms with van der Waals surface area (Å²) in [5.74, 6) is -0.517. The number of ketones is 1. The highest BCUT2D eigenvalue weighted by molar-refractivity contribution is 6.06. The Balaban J connectivity index is 1.55. The number of esters is 1. The van der Waals surface area contributed by atoms with Crippen molar-refractivity contribution in [2.24, 2.45) is 5.92 Å². The minimum Gasteiger partial charge on any atom is -0.454 e. The van der Waals surface area contributed by atoms with E-state index in [0.29, 0.717) is 22.7 Å². The number of carbonyl (C=O) groups excluding carboxylic acids is 3. The number of amides is 1. The van der Waals surface area contributed by atoms with E-state index in [4.69, 9.17) is 9.72 Å². The molecule has 0 saturated heterocycles. The van der Waals surface area contributed by atoms with Crippen molar-refractivity contribution in [1.29, 1.82) is 0 Å². The number of fused-ring (bicyclic) bond motifs is 2. The van der Waals surface area contributed by atoms with Crippen LogP contribution in [0.4, 0.5) is 5.69 Å². The number of carbonyl (C=O) groups is 3. The van der Waals surface area contributed by atoms with E-state index in [0.717, 1.165) is 41.4 Å². The molecule has 0 saturated carbocycles. The summed E-state index contributed by atoms with van der Waals surface area (Å²) in [6.07, 6.45) is 2.65. The van der Waals surface area contributed by atoms with E-state index >= 15 is 0 Å². The molecule has 2 aromatic carbocycles. The van der Waals surface area contributed by atoms with Crippen LogP contribution in [0.1, 0.15) is 52.2 Å². The molecule has 6 nitrogen and oxygen atoms in total. The summed E-state index contributed by atoms with van der Waals surface area (Å²) in [6.45, 7) is 3.24. The van der Waals surface area contributed by atoms with Crippen LogP contribution in [0.5, 0.6) is 0 Å². The summed E-state index contributed by atoms with van der Waals surface area (Å²) in [7, 11) is 0. The normalized spacial score (nSPS) is 15.2. The number of aromatic nitrogens is 1. The molecule has 4 rings (SSSR count). The van der Waals surface area contributed by atoms with Crippen LogP contribution in [-0.2, 0) is 22.4 Å². The van der Waals surface area contributed by atoms with Crippen molar-refractivity contribution in [2.75, 3.05) is 11.9 Å². The fraction of sp³-hybridized carbons (Fsp3) is 0.280. The molecule has 6 heteroatoms. The van der Waals surface area contributed by atoms with Gasteiger partial charge in [-0.15, -0.1) is 0 Å². The third kappa shape index (κ3) is 4.48. The number of hydrogen-bond acceptors (Lipinski definition) is 5. The lowest BCUT2D eigenvalue weighted by molar-refractivity contribution is -0.114. The zero-order valence-electron chi connectivity index (χ0n) is 17.6. The predicted molar refractivity (Wildman–Crippen MR) is 118 cm³/mol. The Bertz CT molecular complexity index is 1170. The average molecular weight is 416 g/mol. The standard InChI is InChI=1S/C25H24N2O4/c1-15-7-12-22-20(13-15)24(19-5-3-4-6-21(19)27-22)25(30)31-14-23(29)17-8-10-18(11-9-17)26-16(2)28/h3-6,8-11,15H,7,12-14H2,1-2H3,(H,26,28). The second kappa shape index (κ2) is 8.68. The zero-order valence-corrected chi connectivity index (χ0v) is 17.6. The number of para-hydroxylation sites is 1. The summed E-state index contributed by atoms with van der Waals surface area (Å²) in [5, 5.41) is 3.41. The van der Waals surface area contributed by atoms with Crippen molar-refractivity contribution in [1.82, 2.24) is 4.98 Å². The fourth-order valence-electron chi connectivity index (χ4n) is 4.03. The average Bonchev–Trinajstić information content (AvgIpc) is 2.75. The van der Waals surface area contributed by atoms with Crippen molar-refractivity contribution in [3.63, 3.8) is 0 Å². The number of rotatable bonds is 5. The van der Waals surface area contributed by atoms with Crippen LogP contribution in [0, 0.1) is 5.92 Å². The first-order valence-corrected chi connectivity index (χ1v) is 10.4. The highest BCUT2D eigenvalue weighted by Crippen LogP contribution is 2.32. The van der Waals surface area contributed by atoms with Gasteiger partial charge in [-0.05, 0) is 61.1 Å². The summed E-state index contributed by atoms with van der Waals surface area (Å²) >= 11 is 0. The second-order valence-electron chi connectivity index (χ2n) is 8.04. The molecule has 0 aliphatic heterocycles. The quantitative estimate of drug-likeness (QED) is 0.493. The number of anilines is 1. The Morgan fingerprint density at radius 1 is 1.10 bits per heavy atom. The van der Waals surface area contributed by atoms with Gasteiger partial charge in [-0.2, -0.15) is 0 Å². The van der Waals surface area contributed by atoms with Gasteiger partial charge in [0.2, 0.25) is 5.91 Å². The third-order valence-corrected chi connectivity index (χ3v) is 5.57. The van der Waals surface area contributed by atoms with Crippen molar-refractivity contribution in [2.45, 2.75) is 33.1 Å². The van der Waals surface area contributed by atoms with Crippen LogP contribution in [0.3, 0.4) is 0 Å². The molecular weight excluding hydrogens is 392 g/mol. The lowest BCUT2D eigenvalue weighted by Crippen LogP contribution is -2.21. The minimum absolute atomic E-state index is 0.185. The van der Waals surface area contributed by atoms with Crippen molar-refractivity contribution >= 4 is 34.3 Å². The van der Waals surface area contributed by atoms with Gasteiger partial charge in [-0.1, -0.05) is 25.1 Å². The van der Waals surface area contributed by atoms with E-state index in [1.807, 2.05) is 24.3 Å². The molecule has 31 heavy (non-hydrogen) atoms. The smallest absolute Gasteiger partial charge is 0.339 e. The van der Waals surface area contributed by atoms with E-state index in [-0.39, 0.29) is 18.3 Å². The van der Waals surface area contributed by atoms with Crippen LogP contribution < -0.4 is 5.32 Å². The van der Waals surface area contributed by atoms with Crippen LogP contribution in [-0.4, -0.2) is 29.3 Å². The maximum atomic E-state index is 13.1. The van der Waals surface area contributed by atoms with Gasteiger partial charge in [0.15, 0.2) is 12.4 Å².